The van der Waals surface area contributed by atoms with Crippen molar-refractivity contribution in [3.63, 3.8) is 0 Å². The van der Waals surface area contributed by atoms with Gasteiger partial charge in [0.15, 0.2) is 0 Å². The zero-order valence-corrected chi connectivity index (χ0v) is 12.5. The maximum atomic E-state index is 12.4. The van der Waals surface area contributed by atoms with Crippen LogP contribution in [-0.4, -0.2) is 50.6 Å². The van der Waals surface area contributed by atoms with Crippen LogP contribution in [0.1, 0.15) is 19.8 Å². The number of hydrogen-bond donors (Lipinski definition) is 1. The number of nitrogens with zero attached hydrogens (tertiary/aromatic N) is 2. The molecule has 0 radical (unpaired) electrons. The van der Waals surface area contributed by atoms with Crippen molar-refractivity contribution in [2.75, 3.05) is 38.2 Å². The van der Waals surface area contributed by atoms with Crippen LogP contribution in [0.15, 0.2) is 23.2 Å². The molecule has 1 aliphatic rings. The maximum absolute atomic E-state index is 12.4. The average molecular weight is 299 g/mol. The van der Waals surface area contributed by atoms with E-state index in [9.17, 15) is 8.42 Å². The van der Waals surface area contributed by atoms with Crippen molar-refractivity contribution in [2.24, 2.45) is 0 Å². The molecule has 6 nitrogen and oxygen atoms in total. The normalized spacial score (nSPS) is 17.1. The van der Waals surface area contributed by atoms with Crippen molar-refractivity contribution in [3.05, 3.63) is 18.3 Å². The Labute approximate surface area is 120 Å². The van der Waals surface area contributed by atoms with E-state index in [2.05, 4.69) is 17.2 Å². The van der Waals surface area contributed by atoms with Gasteiger partial charge in [-0.25, -0.2) is 13.4 Å². The number of ether oxygens (including phenoxy) is 1. The van der Waals surface area contributed by atoms with Crippen molar-refractivity contribution < 1.29 is 13.2 Å². The van der Waals surface area contributed by atoms with Crippen LogP contribution in [0.25, 0.3) is 0 Å². The van der Waals surface area contributed by atoms with E-state index in [0.717, 1.165) is 19.4 Å². The molecular weight excluding hydrogens is 278 g/mol. The summed E-state index contributed by atoms with van der Waals surface area (Å²) in [6.45, 7) is 4.66. The first-order valence-electron chi connectivity index (χ1n) is 6.92. The Morgan fingerprint density at radius 1 is 1.35 bits per heavy atom. The third kappa shape index (κ3) is 3.68. The van der Waals surface area contributed by atoms with Gasteiger partial charge >= 0.3 is 0 Å². The lowest BCUT2D eigenvalue weighted by Crippen LogP contribution is -2.40. The molecule has 1 saturated heterocycles. The molecule has 20 heavy (non-hydrogen) atoms. The molecule has 1 aliphatic heterocycles. The SMILES string of the molecule is CCCCNc1ccc(S(=O)(=O)N2CCOCC2)cn1. The Kier molecular flexibility index (Phi) is 5.33. The topological polar surface area (TPSA) is 71.5 Å². The summed E-state index contributed by atoms with van der Waals surface area (Å²) in [5.74, 6) is 0.708. The summed E-state index contributed by atoms with van der Waals surface area (Å²) in [5, 5.41) is 3.16. The first kappa shape index (κ1) is 15.2. The highest BCUT2D eigenvalue weighted by atomic mass is 32.2. The molecule has 0 bridgehead atoms. The van der Waals surface area contributed by atoms with E-state index in [1.54, 1.807) is 12.1 Å². The van der Waals surface area contributed by atoms with E-state index in [1.807, 2.05) is 0 Å². The molecule has 1 fully saturated rings. The zero-order valence-electron chi connectivity index (χ0n) is 11.7. The molecule has 1 aromatic heterocycles. The molecular formula is C13H21N3O3S. The van der Waals surface area contributed by atoms with Crippen molar-refractivity contribution in [2.45, 2.75) is 24.7 Å². The molecule has 1 N–H and O–H groups in total. The highest BCUT2D eigenvalue weighted by Crippen LogP contribution is 2.17. The van der Waals surface area contributed by atoms with Gasteiger partial charge in [0.25, 0.3) is 0 Å². The summed E-state index contributed by atoms with van der Waals surface area (Å²) < 4.78 is 31.4. The van der Waals surface area contributed by atoms with Gasteiger partial charge in [0.2, 0.25) is 10.0 Å². The molecule has 0 atom stereocenters. The van der Waals surface area contributed by atoms with Gasteiger partial charge in [-0.3, -0.25) is 0 Å². The van der Waals surface area contributed by atoms with Crippen LogP contribution in [0, 0.1) is 0 Å². The Balaban J connectivity index is 2.04. The van der Waals surface area contributed by atoms with Gasteiger partial charge < -0.3 is 10.1 Å². The molecule has 112 valence electrons. The van der Waals surface area contributed by atoms with Gasteiger partial charge in [-0.05, 0) is 18.6 Å². The molecule has 0 aliphatic carbocycles. The fourth-order valence-electron chi connectivity index (χ4n) is 1.97. The third-order valence-corrected chi connectivity index (χ3v) is 5.06. The number of anilines is 1. The second-order valence-corrected chi connectivity index (χ2v) is 6.61. The molecule has 0 aromatic carbocycles. The van der Waals surface area contributed by atoms with E-state index in [4.69, 9.17) is 4.74 Å². The van der Waals surface area contributed by atoms with Gasteiger partial charge in [0, 0.05) is 25.8 Å². The maximum Gasteiger partial charge on any atom is 0.244 e. The number of sulfonamides is 1. The standard InChI is InChI=1S/C13H21N3O3S/c1-2-3-6-14-13-5-4-12(11-15-13)20(17,18)16-7-9-19-10-8-16/h4-5,11H,2-3,6-10H2,1H3,(H,14,15). The summed E-state index contributed by atoms with van der Waals surface area (Å²) >= 11 is 0. The van der Waals surface area contributed by atoms with Gasteiger partial charge in [-0.15, -0.1) is 0 Å². The van der Waals surface area contributed by atoms with E-state index >= 15 is 0 Å². The number of rotatable bonds is 6. The fourth-order valence-corrected chi connectivity index (χ4v) is 3.32. The van der Waals surface area contributed by atoms with Crippen LogP contribution in [0.3, 0.4) is 0 Å². The van der Waals surface area contributed by atoms with Crippen LogP contribution in [-0.2, 0) is 14.8 Å². The Morgan fingerprint density at radius 2 is 2.10 bits per heavy atom. The van der Waals surface area contributed by atoms with Gasteiger partial charge in [0.1, 0.15) is 10.7 Å². The summed E-state index contributed by atoms with van der Waals surface area (Å²) in [6.07, 6.45) is 3.59. The molecule has 2 rings (SSSR count). The number of hydrogen-bond acceptors (Lipinski definition) is 5. The number of morpholine rings is 1. The Morgan fingerprint density at radius 3 is 2.70 bits per heavy atom. The average Bonchev–Trinajstić information content (AvgIpc) is 2.49. The van der Waals surface area contributed by atoms with Gasteiger partial charge in [0.05, 0.1) is 13.2 Å². The zero-order chi connectivity index (χ0) is 14.4. The fraction of sp³-hybridized carbons (Fsp3) is 0.615. The molecule has 7 heteroatoms. The number of aromatic nitrogens is 1. The smallest absolute Gasteiger partial charge is 0.244 e. The molecule has 2 heterocycles. The highest BCUT2D eigenvalue weighted by molar-refractivity contribution is 7.89. The molecule has 0 spiro atoms. The van der Waals surface area contributed by atoms with Crippen LogP contribution >= 0.6 is 0 Å². The first-order chi connectivity index (χ1) is 9.64. The van der Waals surface area contributed by atoms with E-state index in [1.165, 1.54) is 10.5 Å². The highest BCUT2D eigenvalue weighted by Gasteiger charge is 2.26. The first-order valence-corrected chi connectivity index (χ1v) is 8.36. The summed E-state index contributed by atoms with van der Waals surface area (Å²) in [7, 11) is -3.44. The summed E-state index contributed by atoms with van der Waals surface area (Å²) in [5.41, 5.74) is 0. The van der Waals surface area contributed by atoms with Crippen molar-refractivity contribution in [3.8, 4) is 0 Å². The molecule has 1 aromatic rings. The van der Waals surface area contributed by atoms with Crippen LogP contribution < -0.4 is 5.32 Å². The van der Waals surface area contributed by atoms with Crippen LogP contribution in [0.4, 0.5) is 5.82 Å². The minimum atomic E-state index is -3.44. The van der Waals surface area contributed by atoms with Crippen LogP contribution in [0.5, 0.6) is 0 Å². The molecule has 0 amide bonds. The number of nitrogens with one attached hydrogen (secondary N) is 1. The largest absolute Gasteiger partial charge is 0.379 e. The third-order valence-electron chi connectivity index (χ3n) is 3.18. The lowest BCUT2D eigenvalue weighted by Gasteiger charge is -2.25. The Hall–Kier alpha value is -1.18. The van der Waals surface area contributed by atoms with Crippen molar-refractivity contribution in [1.29, 1.82) is 0 Å². The van der Waals surface area contributed by atoms with Crippen LogP contribution in [0.2, 0.25) is 0 Å². The quantitative estimate of drug-likeness (QED) is 0.802. The van der Waals surface area contributed by atoms with Crippen molar-refractivity contribution in [1.82, 2.24) is 9.29 Å². The lowest BCUT2D eigenvalue weighted by molar-refractivity contribution is 0.0730. The van der Waals surface area contributed by atoms with E-state index < -0.39 is 10.0 Å². The predicted octanol–water partition coefficient (Wildman–Crippen LogP) is 1.31. The molecule has 0 saturated carbocycles. The van der Waals surface area contributed by atoms with Gasteiger partial charge in [-0.2, -0.15) is 4.31 Å². The monoisotopic (exact) mass is 299 g/mol. The minimum absolute atomic E-state index is 0.237. The van der Waals surface area contributed by atoms with E-state index in [-0.39, 0.29) is 4.90 Å². The predicted molar refractivity (Wildman–Crippen MR) is 77.2 cm³/mol. The van der Waals surface area contributed by atoms with E-state index in [0.29, 0.717) is 32.1 Å². The number of pyridine rings is 1. The lowest BCUT2D eigenvalue weighted by atomic mass is 10.3. The second kappa shape index (κ2) is 7.01. The van der Waals surface area contributed by atoms with Crippen molar-refractivity contribution >= 4 is 15.8 Å². The Bertz CT molecular complexity index is 510. The molecule has 0 unspecified atom stereocenters. The summed E-state index contributed by atoms with van der Waals surface area (Å²) in [6, 6.07) is 3.31. The van der Waals surface area contributed by atoms with Gasteiger partial charge in [-0.1, -0.05) is 13.3 Å². The summed E-state index contributed by atoms with van der Waals surface area (Å²) in [4.78, 5) is 4.40. The minimum Gasteiger partial charge on any atom is -0.379 e. The second-order valence-electron chi connectivity index (χ2n) is 4.68. The number of unbranched alkanes of at least 4 members (excludes halogenated alkanes) is 1.